The molecule has 4 rings (SSSR count). The molecular formula is C18H17N3O2. The number of aromatic nitrogens is 2. The van der Waals surface area contributed by atoms with E-state index in [9.17, 15) is 9.90 Å². The number of amides is 1. The predicted molar refractivity (Wildman–Crippen MR) is 87.1 cm³/mol. The summed E-state index contributed by atoms with van der Waals surface area (Å²) in [5.41, 5.74) is 3.27. The number of carbonyl (C=O) groups excluding carboxylic acids is 1. The van der Waals surface area contributed by atoms with Gasteiger partial charge in [-0.05, 0) is 25.0 Å². The molecule has 2 N–H and O–H groups in total. The summed E-state index contributed by atoms with van der Waals surface area (Å²) in [5.74, 6) is -0.161. The maximum absolute atomic E-state index is 12.3. The van der Waals surface area contributed by atoms with Gasteiger partial charge in [-0.15, -0.1) is 0 Å². The van der Waals surface area contributed by atoms with Crippen LogP contribution in [0, 0.1) is 0 Å². The molecule has 0 bridgehead atoms. The van der Waals surface area contributed by atoms with E-state index in [0.717, 1.165) is 29.7 Å². The third-order valence-corrected chi connectivity index (χ3v) is 4.34. The first-order valence-corrected chi connectivity index (χ1v) is 7.74. The van der Waals surface area contributed by atoms with E-state index in [2.05, 4.69) is 10.3 Å². The molecule has 116 valence electrons. The summed E-state index contributed by atoms with van der Waals surface area (Å²) in [7, 11) is 0. The average molecular weight is 307 g/mol. The lowest BCUT2D eigenvalue weighted by Crippen LogP contribution is -2.50. The summed E-state index contributed by atoms with van der Waals surface area (Å²) in [6, 6.07) is 13.4. The molecule has 0 radical (unpaired) electrons. The number of aliphatic hydroxyl groups is 1. The van der Waals surface area contributed by atoms with Gasteiger partial charge < -0.3 is 14.8 Å². The van der Waals surface area contributed by atoms with Gasteiger partial charge in [0.1, 0.15) is 5.65 Å². The highest BCUT2D eigenvalue weighted by Gasteiger charge is 2.30. The molecule has 2 aromatic heterocycles. The van der Waals surface area contributed by atoms with Crippen LogP contribution in [-0.4, -0.2) is 32.5 Å². The lowest BCUT2D eigenvalue weighted by atomic mass is 9.89. The van der Waals surface area contributed by atoms with Crippen LogP contribution in [0.2, 0.25) is 0 Å². The smallest absolute Gasteiger partial charge is 0.253 e. The zero-order chi connectivity index (χ0) is 15.8. The van der Waals surface area contributed by atoms with Gasteiger partial charge >= 0.3 is 0 Å². The van der Waals surface area contributed by atoms with Crippen LogP contribution >= 0.6 is 0 Å². The van der Waals surface area contributed by atoms with Crippen LogP contribution in [0.4, 0.5) is 0 Å². The zero-order valence-electron chi connectivity index (χ0n) is 12.5. The lowest BCUT2D eigenvalue weighted by molar-refractivity contribution is 0.0447. The molecule has 2 heterocycles. The van der Waals surface area contributed by atoms with E-state index in [0.29, 0.717) is 5.56 Å². The monoisotopic (exact) mass is 307 g/mol. The molecule has 1 fully saturated rings. The summed E-state index contributed by atoms with van der Waals surface area (Å²) in [5, 5.41) is 12.4. The molecule has 1 aliphatic carbocycles. The SMILES string of the molecule is O=C(N[C@@H]1CC[C@H]1O)c1ccc2nc(-c3ccccc3)cn2c1. The van der Waals surface area contributed by atoms with E-state index in [1.165, 1.54) is 0 Å². The largest absolute Gasteiger partial charge is 0.391 e. The Kier molecular flexibility index (Phi) is 3.35. The number of nitrogens with zero attached hydrogens (tertiary/aromatic N) is 2. The van der Waals surface area contributed by atoms with Gasteiger partial charge in [0.25, 0.3) is 5.91 Å². The Bertz CT molecular complexity index is 857. The summed E-state index contributed by atoms with van der Waals surface area (Å²) in [6.07, 6.45) is 4.86. The van der Waals surface area contributed by atoms with E-state index >= 15 is 0 Å². The van der Waals surface area contributed by atoms with Crippen LogP contribution in [0.15, 0.2) is 54.9 Å². The molecular weight excluding hydrogens is 290 g/mol. The molecule has 0 unspecified atom stereocenters. The fraction of sp³-hybridized carbons (Fsp3) is 0.222. The van der Waals surface area contributed by atoms with E-state index in [1.807, 2.05) is 47.0 Å². The van der Waals surface area contributed by atoms with Crippen LogP contribution in [0.25, 0.3) is 16.9 Å². The molecule has 23 heavy (non-hydrogen) atoms. The van der Waals surface area contributed by atoms with Gasteiger partial charge in [0.2, 0.25) is 0 Å². The molecule has 0 spiro atoms. The average Bonchev–Trinajstić information content (AvgIpc) is 3.02. The van der Waals surface area contributed by atoms with Gasteiger partial charge in [0.15, 0.2) is 0 Å². The van der Waals surface area contributed by atoms with Crippen molar-refractivity contribution in [2.75, 3.05) is 0 Å². The van der Waals surface area contributed by atoms with Crippen molar-refractivity contribution in [1.82, 2.24) is 14.7 Å². The van der Waals surface area contributed by atoms with Crippen molar-refractivity contribution in [3.8, 4) is 11.3 Å². The zero-order valence-corrected chi connectivity index (χ0v) is 12.5. The number of nitrogens with one attached hydrogen (secondary N) is 1. The van der Waals surface area contributed by atoms with Gasteiger partial charge in [-0.25, -0.2) is 4.98 Å². The van der Waals surface area contributed by atoms with E-state index < -0.39 is 6.10 Å². The van der Waals surface area contributed by atoms with Crippen LogP contribution < -0.4 is 5.32 Å². The van der Waals surface area contributed by atoms with Gasteiger partial charge in [-0.3, -0.25) is 4.79 Å². The van der Waals surface area contributed by atoms with Crippen molar-refractivity contribution in [2.45, 2.75) is 25.0 Å². The van der Waals surface area contributed by atoms with Crippen molar-refractivity contribution in [2.24, 2.45) is 0 Å². The fourth-order valence-electron chi connectivity index (χ4n) is 2.78. The third-order valence-electron chi connectivity index (χ3n) is 4.34. The molecule has 5 nitrogen and oxygen atoms in total. The van der Waals surface area contributed by atoms with Crippen molar-refractivity contribution in [3.63, 3.8) is 0 Å². The number of hydrogen-bond donors (Lipinski definition) is 2. The van der Waals surface area contributed by atoms with Gasteiger partial charge in [-0.2, -0.15) is 0 Å². The minimum absolute atomic E-state index is 0.124. The van der Waals surface area contributed by atoms with Crippen LogP contribution in [0.3, 0.4) is 0 Å². The normalized spacial score (nSPS) is 20.2. The Balaban J connectivity index is 1.61. The Hall–Kier alpha value is -2.66. The maximum Gasteiger partial charge on any atom is 0.253 e. The number of carbonyl (C=O) groups is 1. The second kappa shape index (κ2) is 5.52. The maximum atomic E-state index is 12.3. The third kappa shape index (κ3) is 2.59. The molecule has 5 heteroatoms. The number of pyridine rings is 1. The first kappa shape index (κ1) is 14.0. The minimum atomic E-state index is -0.416. The molecule has 2 atom stereocenters. The summed E-state index contributed by atoms with van der Waals surface area (Å²) < 4.78 is 1.86. The second-order valence-corrected chi connectivity index (χ2v) is 5.90. The Morgan fingerprint density at radius 1 is 1.13 bits per heavy atom. The Morgan fingerprint density at radius 2 is 1.96 bits per heavy atom. The molecule has 0 aliphatic heterocycles. The van der Waals surface area contributed by atoms with Crippen LogP contribution in [-0.2, 0) is 0 Å². The van der Waals surface area contributed by atoms with Crippen LogP contribution in [0.5, 0.6) is 0 Å². The minimum Gasteiger partial charge on any atom is -0.391 e. The number of imidazole rings is 1. The highest BCUT2D eigenvalue weighted by molar-refractivity contribution is 5.94. The second-order valence-electron chi connectivity index (χ2n) is 5.90. The first-order chi connectivity index (χ1) is 11.2. The van der Waals surface area contributed by atoms with Gasteiger partial charge in [0, 0.05) is 18.0 Å². The van der Waals surface area contributed by atoms with Crippen LogP contribution in [0.1, 0.15) is 23.2 Å². The molecule has 1 saturated carbocycles. The quantitative estimate of drug-likeness (QED) is 0.780. The Labute approximate surface area is 133 Å². The lowest BCUT2D eigenvalue weighted by Gasteiger charge is -2.32. The topological polar surface area (TPSA) is 66.6 Å². The number of hydrogen-bond acceptors (Lipinski definition) is 3. The molecule has 1 aliphatic rings. The number of fused-ring (bicyclic) bond motifs is 1. The van der Waals surface area contributed by atoms with Crippen molar-refractivity contribution in [3.05, 3.63) is 60.4 Å². The molecule has 3 aromatic rings. The first-order valence-electron chi connectivity index (χ1n) is 7.74. The van der Waals surface area contributed by atoms with Crippen molar-refractivity contribution in [1.29, 1.82) is 0 Å². The number of benzene rings is 1. The highest BCUT2D eigenvalue weighted by Crippen LogP contribution is 2.21. The fourth-order valence-corrected chi connectivity index (χ4v) is 2.78. The van der Waals surface area contributed by atoms with E-state index in [1.54, 1.807) is 12.3 Å². The van der Waals surface area contributed by atoms with E-state index in [-0.39, 0.29) is 11.9 Å². The number of aliphatic hydroxyl groups excluding tert-OH is 1. The van der Waals surface area contributed by atoms with Crippen molar-refractivity contribution < 1.29 is 9.90 Å². The summed E-state index contributed by atoms with van der Waals surface area (Å²) in [4.78, 5) is 16.8. The number of rotatable bonds is 3. The summed E-state index contributed by atoms with van der Waals surface area (Å²) in [6.45, 7) is 0. The van der Waals surface area contributed by atoms with E-state index in [4.69, 9.17) is 0 Å². The van der Waals surface area contributed by atoms with Gasteiger partial charge in [0.05, 0.1) is 23.4 Å². The highest BCUT2D eigenvalue weighted by atomic mass is 16.3. The molecule has 0 saturated heterocycles. The molecule has 1 amide bonds. The van der Waals surface area contributed by atoms with Gasteiger partial charge in [-0.1, -0.05) is 30.3 Å². The standard InChI is InChI=1S/C18H17N3O2/c22-16-8-7-14(16)20-18(23)13-6-9-17-19-15(11-21(17)10-13)12-4-2-1-3-5-12/h1-6,9-11,14,16,22H,7-8H2,(H,20,23)/t14-,16-/m1/s1. The predicted octanol–water partition coefficient (Wildman–Crippen LogP) is 2.25. The summed E-state index contributed by atoms with van der Waals surface area (Å²) >= 11 is 0. The molecule has 1 aromatic carbocycles. The Morgan fingerprint density at radius 3 is 2.65 bits per heavy atom. The van der Waals surface area contributed by atoms with Crippen molar-refractivity contribution >= 4 is 11.6 Å².